The van der Waals surface area contributed by atoms with E-state index in [1.165, 1.54) is 4.88 Å². The second-order valence-corrected chi connectivity index (χ2v) is 7.53. The molecule has 6 heteroatoms. The Balaban J connectivity index is 1.59. The summed E-state index contributed by atoms with van der Waals surface area (Å²) >= 11 is 1.68. The van der Waals surface area contributed by atoms with Crippen LogP contribution in [0.2, 0.25) is 0 Å². The van der Waals surface area contributed by atoms with E-state index >= 15 is 0 Å². The minimum Gasteiger partial charge on any atom is -0.379 e. The molecule has 1 aromatic heterocycles. The Bertz CT molecular complexity index is 618. The van der Waals surface area contributed by atoms with Gasteiger partial charge in [0.15, 0.2) is 0 Å². The zero-order valence-electron chi connectivity index (χ0n) is 14.8. The number of hydrogen-bond acceptors (Lipinski definition) is 4. The van der Waals surface area contributed by atoms with Gasteiger partial charge >= 0.3 is 0 Å². The average molecular weight is 381 g/mol. The van der Waals surface area contributed by atoms with Gasteiger partial charge in [0.25, 0.3) is 6.43 Å². The minimum atomic E-state index is -2.37. The maximum absolute atomic E-state index is 13.5. The minimum absolute atomic E-state index is 0.122. The van der Waals surface area contributed by atoms with Gasteiger partial charge in [-0.15, -0.1) is 11.3 Å². The predicted octanol–water partition coefficient (Wildman–Crippen LogP) is 3.98. The molecule has 1 fully saturated rings. The second-order valence-electron chi connectivity index (χ2n) is 6.55. The third-order valence-electron chi connectivity index (χ3n) is 4.82. The van der Waals surface area contributed by atoms with E-state index in [0.717, 1.165) is 18.7 Å². The highest BCUT2D eigenvalue weighted by Gasteiger charge is 2.26. The van der Waals surface area contributed by atoms with Gasteiger partial charge in [-0.3, -0.25) is 4.90 Å². The summed E-state index contributed by atoms with van der Waals surface area (Å²) < 4.78 is 32.5. The Morgan fingerprint density at radius 2 is 1.85 bits per heavy atom. The van der Waals surface area contributed by atoms with E-state index in [1.54, 1.807) is 11.3 Å². The van der Waals surface area contributed by atoms with Crippen LogP contribution in [0.1, 0.15) is 22.9 Å². The van der Waals surface area contributed by atoms with E-state index in [1.807, 2.05) is 41.8 Å². The molecular formula is C20H26F2N2OS. The fourth-order valence-electron chi connectivity index (χ4n) is 3.33. The Morgan fingerprint density at radius 1 is 1.08 bits per heavy atom. The Labute approximate surface area is 158 Å². The summed E-state index contributed by atoms with van der Waals surface area (Å²) in [7, 11) is 0. The first kappa shape index (κ1) is 19.4. The molecular weight excluding hydrogens is 354 g/mol. The molecule has 1 N–H and O–H groups in total. The molecule has 3 rings (SSSR count). The molecule has 0 radical (unpaired) electrons. The quantitative estimate of drug-likeness (QED) is 0.712. The number of halogens is 2. The van der Waals surface area contributed by atoms with Crippen LogP contribution >= 0.6 is 11.3 Å². The standard InChI is InChI=1S/C20H26F2N2OS/c21-20(22)17(9-8-16-5-2-1-3-6-16)23-15-18(19-7-4-14-26-19)24-10-12-25-13-11-24/h1-7,14,17-18,20,23H,8-13,15H2/t17-,18-/m0/s1. The normalized spacial score (nSPS) is 18.1. The van der Waals surface area contributed by atoms with Gasteiger partial charge in [-0.1, -0.05) is 36.4 Å². The van der Waals surface area contributed by atoms with E-state index in [4.69, 9.17) is 4.74 Å². The zero-order valence-corrected chi connectivity index (χ0v) is 15.6. The first-order valence-corrected chi connectivity index (χ1v) is 10.0. The molecule has 0 bridgehead atoms. The third kappa shape index (κ3) is 5.58. The van der Waals surface area contributed by atoms with Crippen LogP contribution in [-0.4, -0.2) is 50.2 Å². The van der Waals surface area contributed by atoms with E-state index in [2.05, 4.69) is 16.3 Å². The van der Waals surface area contributed by atoms with Crippen LogP contribution in [-0.2, 0) is 11.2 Å². The Hall–Kier alpha value is -1.34. The number of nitrogens with one attached hydrogen (secondary N) is 1. The van der Waals surface area contributed by atoms with Gasteiger partial charge < -0.3 is 10.1 Å². The van der Waals surface area contributed by atoms with Crippen molar-refractivity contribution in [2.24, 2.45) is 0 Å². The molecule has 0 aliphatic carbocycles. The van der Waals surface area contributed by atoms with Gasteiger partial charge in [-0.2, -0.15) is 0 Å². The second kappa shape index (κ2) is 10.1. The van der Waals surface area contributed by atoms with E-state index in [0.29, 0.717) is 32.6 Å². The van der Waals surface area contributed by atoms with Crippen molar-refractivity contribution in [3.63, 3.8) is 0 Å². The summed E-state index contributed by atoms with van der Waals surface area (Å²) in [6.45, 7) is 3.62. The molecule has 2 aromatic rings. The van der Waals surface area contributed by atoms with Crippen molar-refractivity contribution in [3.8, 4) is 0 Å². The van der Waals surface area contributed by atoms with Crippen LogP contribution < -0.4 is 5.32 Å². The van der Waals surface area contributed by atoms with E-state index < -0.39 is 12.5 Å². The number of morpholine rings is 1. The molecule has 0 saturated carbocycles. The highest BCUT2D eigenvalue weighted by molar-refractivity contribution is 7.10. The molecule has 3 nitrogen and oxygen atoms in total. The van der Waals surface area contributed by atoms with Crippen LogP contribution in [0.5, 0.6) is 0 Å². The van der Waals surface area contributed by atoms with Crippen LogP contribution in [0.15, 0.2) is 47.8 Å². The molecule has 142 valence electrons. The summed E-state index contributed by atoms with van der Waals surface area (Å²) in [5.74, 6) is 0. The van der Waals surface area contributed by atoms with Crippen molar-refractivity contribution in [2.75, 3.05) is 32.8 Å². The van der Waals surface area contributed by atoms with E-state index in [-0.39, 0.29) is 6.04 Å². The summed E-state index contributed by atoms with van der Waals surface area (Å²) in [6.07, 6.45) is -1.28. The highest BCUT2D eigenvalue weighted by atomic mass is 32.1. The van der Waals surface area contributed by atoms with Gasteiger partial charge in [0.2, 0.25) is 0 Å². The SMILES string of the molecule is FC(F)[C@H](CCc1ccccc1)NC[C@@H](c1cccs1)N1CCOCC1. The van der Waals surface area contributed by atoms with Gasteiger partial charge in [-0.25, -0.2) is 8.78 Å². The molecule has 2 atom stereocenters. The molecule has 0 spiro atoms. The largest absolute Gasteiger partial charge is 0.379 e. The van der Waals surface area contributed by atoms with Crippen molar-refractivity contribution in [1.29, 1.82) is 0 Å². The fourth-order valence-corrected chi connectivity index (χ4v) is 4.19. The molecule has 2 heterocycles. The first-order chi connectivity index (χ1) is 12.7. The summed E-state index contributed by atoms with van der Waals surface area (Å²) in [5, 5.41) is 5.19. The number of aryl methyl sites for hydroxylation is 1. The van der Waals surface area contributed by atoms with Crippen LogP contribution in [0.25, 0.3) is 0 Å². The summed E-state index contributed by atoms with van der Waals surface area (Å²) in [5.41, 5.74) is 1.10. The smallest absolute Gasteiger partial charge is 0.253 e. The van der Waals surface area contributed by atoms with Crippen LogP contribution in [0, 0.1) is 0 Å². The molecule has 1 aromatic carbocycles. The lowest BCUT2D eigenvalue weighted by Crippen LogP contribution is -2.46. The van der Waals surface area contributed by atoms with E-state index in [9.17, 15) is 8.78 Å². The Kier molecular flexibility index (Phi) is 7.55. The lowest BCUT2D eigenvalue weighted by Gasteiger charge is -2.35. The molecule has 1 saturated heterocycles. The fraction of sp³-hybridized carbons (Fsp3) is 0.500. The van der Waals surface area contributed by atoms with Crippen molar-refractivity contribution in [2.45, 2.75) is 31.4 Å². The van der Waals surface area contributed by atoms with Gasteiger partial charge in [0.05, 0.1) is 25.3 Å². The maximum Gasteiger partial charge on any atom is 0.253 e. The zero-order chi connectivity index (χ0) is 18.2. The molecule has 1 aliphatic rings. The number of alkyl halides is 2. The van der Waals surface area contributed by atoms with Crippen LogP contribution in [0.4, 0.5) is 8.78 Å². The average Bonchev–Trinajstić information content (AvgIpc) is 3.20. The number of thiophene rings is 1. The van der Waals surface area contributed by atoms with Gasteiger partial charge in [-0.05, 0) is 29.9 Å². The first-order valence-electron chi connectivity index (χ1n) is 9.14. The maximum atomic E-state index is 13.5. The number of nitrogens with zero attached hydrogens (tertiary/aromatic N) is 1. The molecule has 26 heavy (non-hydrogen) atoms. The number of hydrogen-bond donors (Lipinski definition) is 1. The lowest BCUT2D eigenvalue weighted by molar-refractivity contribution is 0.0137. The van der Waals surface area contributed by atoms with Gasteiger partial charge in [0.1, 0.15) is 0 Å². The summed E-state index contributed by atoms with van der Waals surface area (Å²) in [6, 6.07) is 13.3. The third-order valence-corrected chi connectivity index (χ3v) is 5.80. The molecule has 0 unspecified atom stereocenters. The molecule has 1 aliphatic heterocycles. The predicted molar refractivity (Wildman–Crippen MR) is 102 cm³/mol. The summed E-state index contributed by atoms with van der Waals surface area (Å²) in [4.78, 5) is 3.55. The van der Waals surface area contributed by atoms with Crippen molar-refractivity contribution in [1.82, 2.24) is 10.2 Å². The van der Waals surface area contributed by atoms with Crippen molar-refractivity contribution < 1.29 is 13.5 Å². The van der Waals surface area contributed by atoms with Crippen molar-refractivity contribution in [3.05, 3.63) is 58.3 Å². The highest BCUT2D eigenvalue weighted by Crippen LogP contribution is 2.26. The number of benzene rings is 1. The molecule has 0 amide bonds. The van der Waals surface area contributed by atoms with Gasteiger partial charge in [0, 0.05) is 24.5 Å². The lowest BCUT2D eigenvalue weighted by atomic mass is 10.0. The topological polar surface area (TPSA) is 24.5 Å². The number of ether oxygens (including phenoxy) is 1. The van der Waals surface area contributed by atoms with Crippen molar-refractivity contribution >= 4 is 11.3 Å². The number of rotatable bonds is 9. The monoisotopic (exact) mass is 380 g/mol. The van der Waals surface area contributed by atoms with Crippen LogP contribution in [0.3, 0.4) is 0 Å². The Morgan fingerprint density at radius 3 is 2.50 bits per heavy atom.